The van der Waals surface area contributed by atoms with Crippen molar-refractivity contribution < 1.29 is 9.90 Å². The summed E-state index contributed by atoms with van der Waals surface area (Å²) in [5, 5.41) is 16.9. The van der Waals surface area contributed by atoms with Gasteiger partial charge in [0.05, 0.1) is 5.92 Å². The minimum atomic E-state index is -0.726. The predicted molar refractivity (Wildman–Crippen MR) is 43.2 cm³/mol. The summed E-state index contributed by atoms with van der Waals surface area (Å²) < 4.78 is 0. The molecule has 6 heteroatoms. The van der Waals surface area contributed by atoms with E-state index in [1.165, 1.54) is 11.3 Å². The van der Waals surface area contributed by atoms with Gasteiger partial charge in [-0.15, -0.1) is 10.2 Å². The summed E-state index contributed by atoms with van der Waals surface area (Å²) in [5.41, 5.74) is 1.64. The Balaban J connectivity index is 1.94. The van der Waals surface area contributed by atoms with Crippen LogP contribution in [0.3, 0.4) is 0 Å². The fourth-order valence-corrected chi connectivity index (χ4v) is 1.68. The summed E-state index contributed by atoms with van der Waals surface area (Å²) in [6.45, 7) is 1.12. The molecule has 1 fully saturated rings. The van der Waals surface area contributed by atoms with E-state index in [9.17, 15) is 4.79 Å². The molecular weight excluding hydrogens is 178 g/mol. The average Bonchev–Trinajstić information content (AvgIpc) is 2.34. The number of hydrogen-bond acceptors (Lipinski definition) is 5. The van der Waals surface area contributed by atoms with Crippen LogP contribution in [0.4, 0.5) is 5.13 Å². The number of anilines is 1. The number of carboxylic acids is 1. The van der Waals surface area contributed by atoms with Crippen LogP contribution in [0.25, 0.3) is 0 Å². The van der Waals surface area contributed by atoms with Crippen molar-refractivity contribution in [1.29, 1.82) is 0 Å². The highest BCUT2D eigenvalue weighted by atomic mass is 32.1. The lowest BCUT2D eigenvalue weighted by molar-refractivity contribution is -0.142. The number of carbonyl (C=O) groups is 1. The minimum Gasteiger partial charge on any atom is -0.481 e. The Bertz CT molecular complexity index is 281. The van der Waals surface area contributed by atoms with Gasteiger partial charge in [-0.05, 0) is 0 Å². The second-order valence-corrected chi connectivity index (χ2v) is 3.47. The molecule has 1 N–H and O–H groups in total. The van der Waals surface area contributed by atoms with Gasteiger partial charge in [0.25, 0.3) is 0 Å². The van der Waals surface area contributed by atoms with Crippen LogP contribution in [0.1, 0.15) is 0 Å². The van der Waals surface area contributed by atoms with Gasteiger partial charge in [-0.3, -0.25) is 4.79 Å². The molecule has 0 amide bonds. The molecule has 64 valence electrons. The number of hydrogen-bond donors (Lipinski definition) is 1. The van der Waals surface area contributed by atoms with Gasteiger partial charge in [0, 0.05) is 13.1 Å². The molecule has 12 heavy (non-hydrogen) atoms. The van der Waals surface area contributed by atoms with Crippen molar-refractivity contribution in [2.24, 2.45) is 5.92 Å². The first-order valence-corrected chi connectivity index (χ1v) is 4.39. The second kappa shape index (κ2) is 2.71. The summed E-state index contributed by atoms with van der Waals surface area (Å²) in [7, 11) is 0. The average molecular weight is 185 g/mol. The van der Waals surface area contributed by atoms with Crippen LogP contribution < -0.4 is 4.90 Å². The highest BCUT2D eigenvalue weighted by Crippen LogP contribution is 2.25. The summed E-state index contributed by atoms with van der Waals surface area (Å²) in [5.74, 6) is -0.954. The van der Waals surface area contributed by atoms with Gasteiger partial charge in [0.2, 0.25) is 5.13 Å². The predicted octanol–water partition coefficient (Wildman–Crippen LogP) is 0.0589. The quantitative estimate of drug-likeness (QED) is 0.705. The largest absolute Gasteiger partial charge is 0.481 e. The summed E-state index contributed by atoms with van der Waals surface area (Å²) in [6.07, 6.45) is 0. The van der Waals surface area contributed by atoms with Crippen LogP contribution in [0.5, 0.6) is 0 Å². The molecule has 2 heterocycles. The number of nitrogens with zero attached hydrogens (tertiary/aromatic N) is 3. The molecule has 1 aromatic rings. The Hall–Kier alpha value is -1.17. The first kappa shape index (κ1) is 7.48. The Kier molecular flexibility index (Phi) is 1.69. The van der Waals surface area contributed by atoms with Crippen LogP contribution in [0, 0.1) is 5.92 Å². The van der Waals surface area contributed by atoms with Crippen molar-refractivity contribution >= 4 is 22.4 Å². The Labute approximate surface area is 72.6 Å². The molecule has 2 rings (SSSR count). The molecule has 1 aliphatic heterocycles. The van der Waals surface area contributed by atoms with E-state index in [0.29, 0.717) is 13.1 Å². The van der Waals surface area contributed by atoms with E-state index in [2.05, 4.69) is 10.2 Å². The molecule has 0 radical (unpaired) electrons. The molecule has 1 aliphatic rings. The Morgan fingerprint density at radius 3 is 3.00 bits per heavy atom. The SMILES string of the molecule is O=C(O)C1CN(c2nncs2)C1. The van der Waals surface area contributed by atoms with Crippen LogP contribution in [0.2, 0.25) is 0 Å². The van der Waals surface area contributed by atoms with Crippen molar-refractivity contribution in [1.82, 2.24) is 10.2 Å². The fraction of sp³-hybridized carbons (Fsp3) is 0.500. The molecular formula is C6H7N3O2S. The molecule has 1 aromatic heterocycles. The van der Waals surface area contributed by atoms with Crippen molar-refractivity contribution in [2.45, 2.75) is 0 Å². The lowest BCUT2D eigenvalue weighted by Crippen LogP contribution is -2.50. The zero-order valence-electron chi connectivity index (χ0n) is 6.17. The third-order valence-corrected chi connectivity index (χ3v) is 2.60. The second-order valence-electron chi connectivity index (χ2n) is 2.66. The van der Waals surface area contributed by atoms with E-state index in [0.717, 1.165) is 5.13 Å². The van der Waals surface area contributed by atoms with Gasteiger partial charge in [-0.25, -0.2) is 0 Å². The lowest BCUT2D eigenvalue weighted by atomic mass is 10.0. The third-order valence-electron chi connectivity index (χ3n) is 1.85. The summed E-state index contributed by atoms with van der Waals surface area (Å²) in [6, 6.07) is 0. The van der Waals surface area contributed by atoms with Crippen molar-refractivity contribution in [3.8, 4) is 0 Å². The Morgan fingerprint density at radius 1 is 1.75 bits per heavy atom. The maximum absolute atomic E-state index is 10.4. The van der Waals surface area contributed by atoms with Gasteiger partial charge in [-0.1, -0.05) is 11.3 Å². The summed E-state index contributed by atoms with van der Waals surface area (Å²) in [4.78, 5) is 12.4. The van der Waals surface area contributed by atoms with E-state index >= 15 is 0 Å². The van der Waals surface area contributed by atoms with Crippen LogP contribution in [-0.2, 0) is 4.79 Å². The molecule has 0 atom stereocenters. The molecule has 0 unspecified atom stereocenters. The highest BCUT2D eigenvalue weighted by Gasteiger charge is 2.33. The first-order valence-electron chi connectivity index (χ1n) is 3.51. The topological polar surface area (TPSA) is 66.3 Å². The van der Waals surface area contributed by atoms with Crippen molar-refractivity contribution in [3.05, 3.63) is 5.51 Å². The van der Waals surface area contributed by atoms with E-state index in [1.807, 2.05) is 4.90 Å². The van der Waals surface area contributed by atoms with Crippen molar-refractivity contribution in [3.63, 3.8) is 0 Å². The number of aromatic nitrogens is 2. The highest BCUT2D eigenvalue weighted by molar-refractivity contribution is 7.13. The fourth-order valence-electron chi connectivity index (χ4n) is 1.10. The maximum Gasteiger partial charge on any atom is 0.310 e. The molecule has 0 spiro atoms. The standard InChI is InChI=1S/C6H7N3O2S/c10-5(11)4-1-9(2-4)6-8-7-3-12-6/h3-4H,1-2H2,(H,10,11). The summed E-state index contributed by atoms with van der Waals surface area (Å²) >= 11 is 1.43. The molecule has 0 aromatic carbocycles. The van der Waals surface area contributed by atoms with Crippen LogP contribution >= 0.6 is 11.3 Å². The van der Waals surface area contributed by atoms with Gasteiger partial charge in [0.1, 0.15) is 5.51 Å². The number of aliphatic carboxylic acids is 1. The van der Waals surface area contributed by atoms with Gasteiger partial charge < -0.3 is 10.0 Å². The molecule has 0 aliphatic carbocycles. The molecule has 1 saturated heterocycles. The van der Waals surface area contributed by atoms with E-state index in [4.69, 9.17) is 5.11 Å². The monoisotopic (exact) mass is 185 g/mol. The van der Waals surface area contributed by atoms with Gasteiger partial charge in [0.15, 0.2) is 0 Å². The molecule has 0 bridgehead atoms. The normalized spacial score (nSPS) is 17.5. The molecule has 5 nitrogen and oxygen atoms in total. The zero-order valence-corrected chi connectivity index (χ0v) is 6.99. The smallest absolute Gasteiger partial charge is 0.310 e. The maximum atomic E-state index is 10.4. The van der Waals surface area contributed by atoms with E-state index in [-0.39, 0.29) is 5.92 Å². The Morgan fingerprint density at radius 2 is 2.50 bits per heavy atom. The third kappa shape index (κ3) is 1.14. The van der Waals surface area contributed by atoms with Gasteiger partial charge >= 0.3 is 5.97 Å². The van der Waals surface area contributed by atoms with Gasteiger partial charge in [-0.2, -0.15) is 0 Å². The number of carboxylic acid groups (broad SMARTS) is 1. The van der Waals surface area contributed by atoms with Crippen LogP contribution in [0.15, 0.2) is 5.51 Å². The number of rotatable bonds is 2. The first-order chi connectivity index (χ1) is 5.77. The van der Waals surface area contributed by atoms with Crippen molar-refractivity contribution in [2.75, 3.05) is 18.0 Å². The molecule has 0 saturated carbocycles. The lowest BCUT2D eigenvalue weighted by Gasteiger charge is -2.35. The zero-order chi connectivity index (χ0) is 8.55. The van der Waals surface area contributed by atoms with E-state index < -0.39 is 5.97 Å². The van der Waals surface area contributed by atoms with E-state index in [1.54, 1.807) is 5.51 Å². The van der Waals surface area contributed by atoms with Crippen LogP contribution in [-0.4, -0.2) is 34.4 Å². The minimum absolute atomic E-state index is 0.228.